The summed E-state index contributed by atoms with van der Waals surface area (Å²) in [4.78, 5) is 18.2. The van der Waals surface area contributed by atoms with E-state index in [0.717, 1.165) is 54.7 Å². The number of primary amides is 1. The highest BCUT2D eigenvalue weighted by atomic mass is 16.5. The van der Waals surface area contributed by atoms with Crippen molar-refractivity contribution in [3.05, 3.63) is 52.6 Å². The van der Waals surface area contributed by atoms with E-state index in [4.69, 9.17) is 20.0 Å². The molecule has 9 heteroatoms. The average Bonchev–Trinajstić information content (AvgIpc) is 3.41. The molecule has 0 radical (unpaired) electrons. The van der Waals surface area contributed by atoms with Crippen molar-refractivity contribution in [3.63, 3.8) is 0 Å². The number of carbonyl (C=O) groups excluding carboxylic acids is 1. The van der Waals surface area contributed by atoms with Gasteiger partial charge in [-0.3, -0.25) is 9.69 Å². The summed E-state index contributed by atoms with van der Waals surface area (Å²) in [6.45, 7) is 13.2. The molecular weight excluding hydrogens is 496 g/mol. The molecule has 9 nitrogen and oxygen atoms in total. The first-order chi connectivity index (χ1) is 18.7. The summed E-state index contributed by atoms with van der Waals surface area (Å²) >= 11 is 0. The van der Waals surface area contributed by atoms with E-state index in [1.807, 2.05) is 26.0 Å². The topological polar surface area (TPSA) is 135 Å². The lowest BCUT2D eigenvalue weighted by Gasteiger charge is -2.19. The van der Waals surface area contributed by atoms with Crippen LogP contribution in [0.1, 0.15) is 62.8 Å². The Morgan fingerprint density at radius 2 is 1.77 bits per heavy atom. The Morgan fingerprint density at radius 3 is 2.41 bits per heavy atom. The van der Waals surface area contributed by atoms with Crippen LogP contribution in [0.2, 0.25) is 0 Å². The molecule has 2 aromatic carbocycles. The van der Waals surface area contributed by atoms with Gasteiger partial charge in [-0.2, -0.15) is 4.98 Å². The molecule has 1 amide bonds. The molecule has 0 saturated heterocycles. The molecule has 0 spiro atoms. The number of amides is 1. The molecule has 1 aromatic heterocycles. The molecule has 4 N–H and O–H groups in total. The lowest BCUT2D eigenvalue weighted by atomic mass is 10.0. The molecule has 0 aliphatic rings. The van der Waals surface area contributed by atoms with Crippen LogP contribution in [0.3, 0.4) is 0 Å². The van der Waals surface area contributed by atoms with E-state index < -0.39 is 18.1 Å². The van der Waals surface area contributed by atoms with Crippen molar-refractivity contribution >= 4 is 5.91 Å². The monoisotopic (exact) mass is 538 g/mol. The predicted molar refractivity (Wildman–Crippen MR) is 151 cm³/mol. The summed E-state index contributed by atoms with van der Waals surface area (Å²) in [5.74, 6) is 0.743. The molecule has 3 rings (SSSR count). The van der Waals surface area contributed by atoms with Crippen LogP contribution in [0.15, 0.2) is 34.9 Å². The van der Waals surface area contributed by atoms with E-state index in [1.54, 1.807) is 0 Å². The van der Waals surface area contributed by atoms with Crippen molar-refractivity contribution in [2.24, 2.45) is 5.73 Å². The smallest absolute Gasteiger partial charge is 0.258 e. The van der Waals surface area contributed by atoms with Gasteiger partial charge in [0.1, 0.15) is 18.5 Å². The first kappa shape index (κ1) is 30.3. The zero-order valence-corrected chi connectivity index (χ0v) is 23.7. The van der Waals surface area contributed by atoms with Gasteiger partial charge in [-0.25, -0.2) is 0 Å². The normalized spacial score (nSPS) is 13.0. The van der Waals surface area contributed by atoms with Crippen LogP contribution in [0.4, 0.5) is 0 Å². The minimum atomic E-state index is -1.42. The first-order valence-electron chi connectivity index (χ1n) is 13.8. The Balaban J connectivity index is 1.85. The summed E-state index contributed by atoms with van der Waals surface area (Å²) in [7, 11) is 0. The van der Waals surface area contributed by atoms with Gasteiger partial charge in [-0.1, -0.05) is 45.3 Å². The minimum Gasteiger partial charge on any atom is -0.490 e. The zero-order valence-electron chi connectivity index (χ0n) is 23.7. The van der Waals surface area contributed by atoms with Crippen molar-refractivity contribution in [2.75, 3.05) is 19.7 Å². The third-order valence-corrected chi connectivity index (χ3v) is 6.80. The lowest BCUT2D eigenvalue weighted by molar-refractivity contribution is -0.127. The van der Waals surface area contributed by atoms with Gasteiger partial charge in [-0.05, 0) is 79.4 Å². The SMILES string of the molecule is CCCc1cc(CN(CC)CC)cc(-c2nc(-c3cc(C)c(OC[C@@H](O)CC(O)C(N)=O)c(CC)c3)no2)c1. The van der Waals surface area contributed by atoms with Gasteiger partial charge >= 0.3 is 0 Å². The number of aliphatic hydroxyl groups excluding tert-OH is 2. The van der Waals surface area contributed by atoms with Gasteiger partial charge in [0.05, 0.1) is 6.10 Å². The Labute approximate surface area is 231 Å². The predicted octanol–water partition coefficient (Wildman–Crippen LogP) is 4.04. The molecular formula is C30H42N4O5. The summed E-state index contributed by atoms with van der Waals surface area (Å²) in [5, 5.41) is 24.0. The highest BCUT2D eigenvalue weighted by Crippen LogP contribution is 2.32. The van der Waals surface area contributed by atoms with Crippen LogP contribution >= 0.6 is 0 Å². The molecule has 0 fully saturated rings. The Morgan fingerprint density at radius 1 is 1.05 bits per heavy atom. The molecule has 0 aliphatic heterocycles. The second-order valence-electron chi connectivity index (χ2n) is 9.93. The third kappa shape index (κ3) is 8.11. The summed E-state index contributed by atoms with van der Waals surface area (Å²) < 4.78 is 11.6. The lowest BCUT2D eigenvalue weighted by Crippen LogP contribution is -2.33. The maximum atomic E-state index is 11.1. The third-order valence-electron chi connectivity index (χ3n) is 6.80. The first-order valence-corrected chi connectivity index (χ1v) is 13.8. The van der Waals surface area contributed by atoms with Crippen molar-refractivity contribution in [1.82, 2.24) is 15.0 Å². The number of ether oxygens (including phenoxy) is 1. The van der Waals surface area contributed by atoms with Crippen LogP contribution in [0.25, 0.3) is 22.8 Å². The Hall–Kier alpha value is -3.27. The summed E-state index contributed by atoms with van der Waals surface area (Å²) in [5.41, 5.74) is 11.1. The zero-order chi connectivity index (χ0) is 28.5. The number of aryl methyl sites for hydroxylation is 3. The molecule has 0 saturated carbocycles. The van der Waals surface area contributed by atoms with E-state index in [2.05, 4.69) is 49.0 Å². The van der Waals surface area contributed by atoms with E-state index >= 15 is 0 Å². The van der Waals surface area contributed by atoms with Crippen LogP contribution in [0, 0.1) is 6.92 Å². The van der Waals surface area contributed by atoms with Crippen molar-refractivity contribution in [1.29, 1.82) is 0 Å². The van der Waals surface area contributed by atoms with Gasteiger partial charge < -0.3 is 25.2 Å². The van der Waals surface area contributed by atoms with Gasteiger partial charge in [0.2, 0.25) is 11.7 Å². The fourth-order valence-electron chi connectivity index (χ4n) is 4.64. The van der Waals surface area contributed by atoms with Crippen molar-refractivity contribution < 1.29 is 24.3 Å². The van der Waals surface area contributed by atoms with E-state index in [1.165, 1.54) is 11.1 Å². The second-order valence-corrected chi connectivity index (χ2v) is 9.93. The van der Waals surface area contributed by atoms with Gasteiger partial charge in [-0.15, -0.1) is 0 Å². The van der Waals surface area contributed by atoms with Crippen LogP contribution < -0.4 is 10.5 Å². The molecule has 2 atom stereocenters. The molecule has 3 aromatic rings. The van der Waals surface area contributed by atoms with Crippen LogP contribution in [0.5, 0.6) is 5.75 Å². The second kappa shape index (κ2) is 14.2. The largest absolute Gasteiger partial charge is 0.490 e. The molecule has 1 heterocycles. The average molecular weight is 539 g/mol. The number of nitrogens with two attached hydrogens (primary N) is 1. The standard InChI is InChI=1S/C30H42N4O5/c1-6-10-20-12-21(17-34(8-3)9-4)14-24(13-20)30-32-29(33-39-30)23-11-19(5)27(22(7-2)15-23)38-18-25(35)16-26(36)28(31)37/h11-15,25-26,35-36H,6-10,16-18H2,1-5H3,(H2,31,37)/t25-,26?/m0/s1. The van der Waals surface area contributed by atoms with Crippen LogP contribution in [-0.4, -0.2) is 63.1 Å². The van der Waals surface area contributed by atoms with E-state index in [0.29, 0.717) is 23.9 Å². The van der Waals surface area contributed by atoms with E-state index in [-0.39, 0.29) is 13.0 Å². The molecule has 0 aliphatic carbocycles. The van der Waals surface area contributed by atoms with E-state index in [9.17, 15) is 15.0 Å². The Kier molecular flexibility index (Phi) is 11.0. The van der Waals surface area contributed by atoms with Gasteiger partial charge in [0.15, 0.2) is 0 Å². The van der Waals surface area contributed by atoms with Gasteiger partial charge in [0.25, 0.3) is 5.89 Å². The van der Waals surface area contributed by atoms with Crippen molar-refractivity contribution in [2.45, 2.75) is 79.1 Å². The summed E-state index contributed by atoms with van der Waals surface area (Å²) in [6.07, 6.45) is 0.0845. The minimum absolute atomic E-state index is 0.0756. The fourth-order valence-corrected chi connectivity index (χ4v) is 4.64. The number of nitrogens with zero attached hydrogens (tertiary/aromatic N) is 3. The summed E-state index contributed by atoms with van der Waals surface area (Å²) in [6, 6.07) is 10.4. The maximum Gasteiger partial charge on any atom is 0.258 e. The Bertz CT molecular complexity index is 1240. The number of carbonyl (C=O) groups is 1. The molecule has 1 unspecified atom stereocenters. The number of benzene rings is 2. The highest BCUT2D eigenvalue weighted by molar-refractivity contribution is 5.78. The number of hydrogen-bond acceptors (Lipinski definition) is 8. The van der Waals surface area contributed by atoms with Crippen LogP contribution in [-0.2, 0) is 24.2 Å². The number of aromatic nitrogens is 2. The van der Waals surface area contributed by atoms with Crippen molar-refractivity contribution in [3.8, 4) is 28.6 Å². The van der Waals surface area contributed by atoms with Gasteiger partial charge in [0, 0.05) is 24.1 Å². The number of hydrogen-bond donors (Lipinski definition) is 3. The quantitative estimate of drug-likeness (QED) is 0.264. The number of rotatable bonds is 15. The number of aliphatic hydroxyl groups is 2. The molecule has 39 heavy (non-hydrogen) atoms. The molecule has 212 valence electrons. The molecule has 0 bridgehead atoms. The fraction of sp³-hybridized carbons (Fsp3) is 0.500. The highest BCUT2D eigenvalue weighted by Gasteiger charge is 2.20. The maximum absolute atomic E-state index is 11.1.